The Morgan fingerprint density at radius 1 is 1.48 bits per heavy atom. The highest BCUT2D eigenvalue weighted by molar-refractivity contribution is 5.94. The number of nitro benzene ring substituents is 1. The molecule has 0 saturated heterocycles. The molecule has 0 spiro atoms. The van der Waals surface area contributed by atoms with Gasteiger partial charge >= 0.3 is 5.97 Å². The average molecular weight is 293 g/mol. The standard InChI is InChI=1S/C15H19NO5/c1-10-4-2-6-12(8-10)21-9-11-5-3-7-13(16(19)20)14(11)15(17)18/h3,5,7,10,12H,2,4,6,8-9H2,1H3,(H,17,18). The van der Waals surface area contributed by atoms with Crippen LogP contribution in [0.4, 0.5) is 5.69 Å². The van der Waals surface area contributed by atoms with Crippen LogP contribution in [0.25, 0.3) is 0 Å². The van der Waals surface area contributed by atoms with E-state index in [1.54, 1.807) is 6.07 Å². The van der Waals surface area contributed by atoms with Crippen LogP contribution < -0.4 is 0 Å². The van der Waals surface area contributed by atoms with E-state index in [1.807, 2.05) is 0 Å². The lowest BCUT2D eigenvalue weighted by atomic mass is 9.89. The van der Waals surface area contributed by atoms with Gasteiger partial charge in [0.2, 0.25) is 0 Å². The lowest BCUT2D eigenvalue weighted by molar-refractivity contribution is -0.385. The third-order valence-electron chi connectivity index (χ3n) is 3.90. The number of carboxylic acid groups (broad SMARTS) is 1. The molecule has 1 aromatic rings. The fourth-order valence-corrected chi connectivity index (χ4v) is 2.84. The summed E-state index contributed by atoms with van der Waals surface area (Å²) in [5.41, 5.74) is -0.304. The summed E-state index contributed by atoms with van der Waals surface area (Å²) in [7, 11) is 0. The monoisotopic (exact) mass is 293 g/mol. The zero-order valence-corrected chi connectivity index (χ0v) is 11.9. The molecule has 0 amide bonds. The second kappa shape index (κ2) is 6.67. The number of benzene rings is 1. The highest BCUT2D eigenvalue weighted by Crippen LogP contribution is 2.28. The van der Waals surface area contributed by atoms with Crippen LogP contribution >= 0.6 is 0 Å². The Hall–Kier alpha value is -1.95. The first kappa shape index (κ1) is 15.4. The van der Waals surface area contributed by atoms with Crippen LogP contribution in [-0.4, -0.2) is 22.1 Å². The molecule has 0 heterocycles. The number of hydrogen-bond acceptors (Lipinski definition) is 4. The van der Waals surface area contributed by atoms with E-state index in [9.17, 15) is 20.0 Å². The predicted molar refractivity (Wildman–Crippen MR) is 76.3 cm³/mol. The van der Waals surface area contributed by atoms with Crippen LogP contribution in [0.15, 0.2) is 18.2 Å². The van der Waals surface area contributed by atoms with Gasteiger partial charge in [0.1, 0.15) is 5.56 Å². The molecule has 1 aromatic carbocycles. The number of ether oxygens (including phenoxy) is 1. The molecule has 2 atom stereocenters. The van der Waals surface area contributed by atoms with Crippen LogP contribution in [0.3, 0.4) is 0 Å². The van der Waals surface area contributed by atoms with Crippen molar-refractivity contribution in [2.75, 3.05) is 0 Å². The molecular formula is C15H19NO5. The zero-order valence-electron chi connectivity index (χ0n) is 11.9. The number of rotatable bonds is 5. The van der Waals surface area contributed by atoms with Crippen molar-refractivity contribution in [1.82, 2.24) is 0 Å². The Balaban J connectivity index is 2.14. The maximum Gasteiger partial charge on any atom is 0.343 e. The van der Waals surface area contributed by atoms with Gasteiger partial charge < -0.3 is 9.84 Å². The second-order valence-electron chi connectivity index (χ2n) is 5.58. The first-order valence-electron chi connectivity index (χ1n) is 7.10. The summed E-state index contributed by atoms with van der Waals surface area (Å²) in [6.07, 6.45) is 4.32. The molecule has 0 aliphatic heterocycles. The third-order valence-corrected chi connectivity index (χ3v) is 3.90. The molecule has 2 unspecified atom stereocenters. The van der Waals surface area contributed by atoms with E-state index in [1.165, 1.54) is 18.6 Å². The molecule has 2 rings (SSSR count). The molecule has 21 heavy (non-hydrogen) atoms. The molecule has 1 N–H and O–H groups in total. The Morgan fingerprint density at radius 3 is 2.86 bits per heavy atom. The molecule has 1 saturated carbocycles. The van der Waals surface area contributed by atoms with E-state index in [4.69, 9.17) is 4.74 Å². The van der Waals surface area contributed by atoms with E-state index < -0.39 is 10.9 Å². The smallest absolute Gasteiger partial charge is 0.343 e. The van der Waals surface area contributed by atoms with Gasteiger partial charge in [0.05, 0.1) is 17.6 Å². The Kier molecular flexibility index (Phi) is 4.90. The third kappa shape index (κ3) is 3.78. The van der Waals surface area contributed by atoms with Crippen molar-refractivity contribution in [1.29, 1.82) is 0 Å². The summed E-state index contributed by atoms with van der Waals surface area (Å²) in [5, 5.41) is 20.1. The lowest BCUT2D eigenvalue weighted by Crippen LogP contribution is -2.21. The van der Waals surface area contributed by atoms with Crippen LogP contribution in [0.2, 0.25) is 0 Å². The number of aromatic carboxylic acids is 1. The second-order valence-corrected chi connectivity index (χ2v) is 5.58. The normalized spacial score (nSPS) is 22.0. The van der Waals surface area contributed by atoms with Gasteiger partial charge in [0, 0.05) is 6.07 Å². The first-order valence-corrected chi connectivity index (χ1v) is 7.10. The average Bonchev–Trinajstić information content (AvgIpc) is 2.44. The van der Waals surface area contributed by atoms with Crippen molar-refractivity contribution in [3.8, 4) is 0 Å². The van der Waals surface area contributed by atoms with Crippen LogP contribution in [0.1, 0.15) is 48.5 Å². The molecule has 1 aliphatic carbocycles. The minimum absolute atomic E-state index is 0.0979. The van der Waals surface area contributed by atoms with Crippen molar-refractivity contribution in [2.24, 2.45) is 5.92 Å². The Bertz CT molecular complexity index is 543. The molecule has 6 nitrogen and oxygen atoms in total. The lowest BCUT2D eigenvalue weighted by Gasteiger charge is -2.27. The quantitative estimate of drug-likeness (QED) is 0.664. The molecule has 0 aromatic heterocycles. The zero-order chi connectivity index (χ0) is 15.4. The van der Waals surface area contributed by atoms with Gasteiger partial charge in [-0.2, -0.15) is 0 Å². The van der Waals surface area contributed by atoms with Crippen molar-refractivity contribution >= 4 is 11.7 Å². The van der Waals surface area contributed by atoms with Crippen molar-refractivity contribution in [3.05, 3.63) is 39.4 Å². The fraction of sp³-hybridized carbons (Fsp3) is 0.533. The SMILES string of the molecule is CC1CCCC(OCc2cccc([N+](=O)[O-])c2C(=O)O)C1. The van der Waals surface area contributed by atoms with Crippen molar-refractivity contribution in [3.63, 3.8) is 0 Å². The van der Waals surface area contributed by atoms with E-state index in [-0.39, 0.29) is 24.0 Å². The largest absolute Gasteiger partial charge is 0.477 e. The highest BCUT2D eigenvalue weighted by Gasteiger charge is 2.25. The van der Waals surface area contributed by atoms with Gasteiger partial charge in [0.25, 0.3) is 5.69 Å². The Labute approximate surface area is 122 Å². The maximum atomic E-state index is 11.3. The summed E-state index contributed by atoms with van der Waals surface area (Å²) >= 11 is 0. The van der Waals surface area contributed by atoms with Gasteiger partial charge in [-0.05, 0) is 24.3 Å². The van der Waals surface area contributed by atoms with Crippen molar-refractivity contribution < 1.29 is 19.6 Å². The number of nitro groups is 1. The van der Waals surface area contributed by atoms with Gasteiger partial charge in [0.15, 0.2) is 0 Å². The minimum Gasteiger partial charge on any atom is -0.477 e. The van der Waals surface area contributed by atoms with Crippen LogP contribution in [0.5, 0.6) is 0 Å². The van der Waals surface area contributed by atoms with Gasteiger partial charge in [-0.25, -0.2) is 4.79 Å². The van der Waals surface area contributed by atoms with E-state index in [0.29, 0.717) is 11.5 Å². The van der Waals surface area contributed by atoms with Crippen LogP contribution in [0, 0.1) is 16.0 Å². The number of carbonyl (C=O) groups is 1. The topological polar surface area (TPSA) is 89.7 Å². The summed E-state index contributed by atoms with van der Waals surface area (Å²) in [6.45, 7) is 2.27. The fourth-order valence-electron chi connectivity index (χ4n) is 2.84. The predicted octanol–water partition coefficient (Wildman–Crippen LogP) is 3.39. The van der Waals surface area contributed by atoms with E-state index in [2.05, 4.69) is 6.92 Å². The number of carboxylic acids is 1. The summed E-state index contributed by atoms with van der Waals surface area (Å²) in [4.78, 5) is 21.5. The molecule has 114 valence electrons. The first-order chi connectivity index (χ1) is 9.99. The van der Waals surface area contributed by atoms with Crippen molar-refractivity contribution in [2.45, 2.75) is 45.3 Å². The molecule has 6 heteroatoms. The van der Waals surface area contributed by atoms with Gasteiger partial charge in [-0.15, -0.1) is 0 Å². The molecular weight excluding hydrogens is 274 g/mol. The van der Waals surface area contributed by atoms with Gasteiger partial charge in [-0.3, -0.25) is 10.1 Å². The van der Waals surface area contributed by atoms with Crippen LogP contribution in [-0.2, 0) is 11.3 Å². The molecule has 1 aliphatic rings. The van der Waals surface area contributed by atoms with E-state index in [0.717, 1.165) is 19.3 Å². The summed E-state index contributed by atoms with van der Waals surface area (Å²) in [6, 6.07) is 4.27. The molecule has 1 fully saturated rings. The molecule has 0 bridgehead atoms. The summed E-state index contributed by atoms with van der Waals surface area (Å²) < 4.78 is 5.78. The van der Waals surface area contributed by atoms with E-state index >= 15 is 0 Å². The molecule has 0 radical (unpaired) electrons. The Morgan fingerprint density at radius 2 is 2.24 bits per heavy atom. The van der Waals surface area contributed by atoms with Gasteiger partial charge in [-0.1, -0.05) is 31.9 Å². The number of hydrogen-bond donors (Lipinski definition) is 1. The highest BCUT2D eigenvalue weighted by atomic mass is 16.6. The number of nitrogens with zero attached hydrogens (tertiary/aromatic N) is 1. The summed E-state index contributed by atoms with van der Waals surface area (Å²) in [5.74, 6) is -0.689. The minimum atomic E-state index is -1.29. The maximum absolute atomic E-state index is 11.3.